The molecule has 316 valence electrons. The average molecular weight is 813 g/mol. The molecule has 5 fully saturated rings. The first-order chi connectivity index (χ1) is 27.5. The van der Waals surface area contributed by atoms with Crippen LogP contribution in [0.15, 0.2) is 53.8 Å². The van der Waals surface area contributed by atoms with Crippen molar-refractivity contribution in [2.45, 2.75) is 117 Å². The van der Waals surface area contributed by atoms with Gasteiger partial charge in [-0.2, -0.15) is 5.26 Å². The van der Waals surface area contributed by atoms with Gasteiger partial charge in [0.1, 0.15) is 23.7 Å². The highest BCUT2D eigenvalue weighted by Crippen LogP contribution is 2.72. The van der Waals surface area contributed by atoms with Crippen LogP contribution in [0.1, 0.15) is 117 Å². The van der Waals surface area contributed by atoms with Gasteiger partial charge in [-0.25, -0.2) is 13.4 Å². The van der Waals surface area contributed by atoms with E-state index in [0.717, 1.165) is 19.5 Å². The van der Waals surface area contributed by atoms with E-state index in [0.29, 0.717) is 78.8 Å². The largest absolute Gasteiger partial charge is 0.481 e. The highest BCUT2D eigenvalue weighted by Gasteiger charge is 2.66. The van der Waals surface area contributed by atoms with Gasteiger partial charge in [-0.1, -0.05) is 52.0 Å². The molecule has 1 unspecified atom stereocenters. The Morgan fingerprint density at radius 2 is 1.72 bits per heavy atom. The summed E-state index contributed by atoms with van der Waals surface area (Å²) in [6, 6.07) is 5.43. The van der Waals surface area contributed by atoms with Crippen LogP contribution in [0.25, 0.3) is 0 Å². The lowest BCUT2D eigenvalue weighted by Gasteiger charge is -2.68. The SMILES string of the molecule is C=C(C)[C@@H]1CC[C@]2(NCCN3CCS(=O)(=O)CC3)CC[C@@]3(C)C4CC[C@H]5C(C)(C)C(C6=CC[C@@](COc7ncccc7C#N)(C(=O)O)CC6)=CC[C@]5(C)[C@H]4CC[C@@H]3[C@@H]12. The number of ether oxygens (including phenoxy) is 1. The van der Waals surface area contributed by atoms with Crippen LogP contribution in [-0.2, 0) is 14.6 Å². The summed E-state index contributed by atoms with van der Waals surface area (Å²) in [4.78, 5) is 19.3. The normalized spacial score (nSPS) is 40.3. The van der Waals surface area contributed by atoms with Crippen LogP contribution >= 0.6 is 0 Å². The number of aliphatic carboxylic acids is 1. The van der Waals surface area contributed by atoms with Crippen LogP contribution in [0.5, 0.6) is 5.88 Å². The fourth-order valence-electron chi connectivity index (χ4n) is 14.8. The molecule has 1 aliphatic heterocycles. The summed E-state index contributed by atoms with van der Waals surface area (Å²) < 4.78 is 30.1. The number of carbonyl (C=O) groups is 1. The molecule has 7 aliphatic rings. The van der Waals surface area contributed by atoms with Gasteiger partial charge in [0.05, 0.1) is 11.5 Å². The molecule has 0 radical (unpaired) electrons. The van der Waals surface area contributed by atoms with Gasteiger partial charge in [0, 0.05) is 37.9 Å². The number of fused-ring (bicyclic) bond motifs is 7. The van der Waals surface area contributed by atoms with Gasteiger partial charge < -0.3 is 20.1 Å². The number of carboxylic acids is 1. The van der Waals surface area contributed by atoms with Gasteiger partial charge in [0.15, 0.2) is 9.84 Å². The quantitative estimate of drug-likeness (QED) is 0.224. The van der Waals surface area contributed by atoms with Gasteiger partial charge in [-0.15, -0.1) is 0 Å². The summed E-state index contributed by atoms with van der Waals surface area (Å²) in [5, 5.41) is 24.2. The molecule has 6 aliphatic carbocycles. The number of carboxylic acid groups (broad SMARTS) is 1. The second kappa shape index (κ2) is 15.2. The molecule has 1 aromatic rings. The zero-order chi connectivity index (χ0) is 41.3. The molecule has 10 heteroatoms. The first kappa shape index (κ1) is 41.7. The molecule has 2 N–H and O–H groups in total. The molecule has 1 aromatic heterocycles. The number of pyridine rings is 1. The van der Waals surface area contributed by atoms with Crippen molar-refractivity contribution in [2.75, 3.05) is 44.3 Å². The third kappa shape index (κ3) is 6.91. The third-order valence-corrected chi connectivity index (χ3v) is 19.6. The summed E-state index contributed by atoms with van der Waals surface area (Å²) in [6.45, 7) is 20.3. The van der Waals surface area contributed by atoms with Crippen LogP contribution in [0, 0.1) is 68.5 Å². The number of nitrogens with one attached hydrogen (secondary N) is 1. The average Bonchev–Trinajstić information content (AvgIpc) is 3.58. The summed E-state index contributed by atoms with van der Waals surface area (Å²) in [5.74, 6) is 3.72. The van der Waals surface area contributed by atoms with Crippen molar-refractivity contribution in [3.05, 3.63) is 59.3 Å². The molecule has 8 rings (SSSR count). The molecular formula is C48H68N4O5S. The van der Waals surface area contributed by atoms with Crippen molar-refractivity contribution in [1.82, 2.24) is 15.2 Å². The molecule has 4 saturated carbocycles. The second-order valence-corrected chi connectivity index (χ2v) is 23.3. The monoisotopic (exact) mass is 812 g/mol. The summed E-state index contributed by atoms with van der Waals surface area (Å²) in [6.07, 6.45) is 19.1. The molecule has 9 nitrogen and oxygen atoms in total. The van der Waals surface area contributed by atoms with E-state index in [4.69, 9.17) is 4.74 Å². The van der Waals surface area contributed by atoms with E-state index in [1.807, 2.05) is 0 Å². The van der Waals surface area contributed by atoms with E-state index in [1.54, 1.807) is 18.3 Å². The smallest absolute Gasteiger partial charge is 0.313 e. The summed E-state index contributed by atoms with van der Waals surface area (Å²) in [7, 11) is -2.88. The highest BCUT2D eigenvalue weighted by atomic mass is 32.2. The van der Waals surface area contributed by atoms with Crippen LogP contribution < -0.4 is 10.1 Å². The van der Waals surface area contributed by atoms with E-state index in [1.165, 1.54) is 68.1 Å². The molecule has 0 aromatic carbocycles. The van der Waals surface area contributed by atoms with Crippen LogP contribution in [-0.4, -0.2) is 79.2 Å². The van der Waals surface area contributed by atoms with Crippen molar-refractivity contribution < 1.29 is 23.1 Å². The molecule has 1 saturated heterocycles. The van der Waals surface area contributed by atoms with Crippen molar-refractivity contribution in [3.8, 4) is 11.9 Å². The number of rotatable bonds is 10. The molecule has 58 heavy (non-hydrogen) atoms. The van der Waals surface area contributed by atoms with Crippen molar-refractivity contribution in [3.63, 3.8) is 0 Å². The zero-order valence-corrected chi connectivity index (χ0v) is 36.6. The molecular weight excluding hydrogens is 745 g/mol. The van der Waals surface area contributed by atoms with Gasteiger partial charge in [-0.3, -0.25) is 4.79 Å². The number of hydrogen-bond donors (Lipinski definition) is 2. The Bertz CT molecular complexity index is 2010. The number of hydrogen-bond acceptors (Lipinski definition) is 8. The molecule has 2 heterocycles. The topological polar surface area (TPSA) is 133 Å². The minimum absolute atomic E-state index is 0.0121. The predicted molar refractivity (Wildman–Crippen MR) is 228 cm³/mol. The highest BCUT2D eigenvalue weighted by molar-refractivity contribution is 7.91. The number of sulfone groups is 1. The van der Waals surface area contributed by atoms with Gasteiger partial charge in [0.2, 0.25) is 5.88 Å². The van der Waals surface area contributed by atoms with Crippen molar-refractivity contribution in [1.29, 1.82) is 5.26 Å². The van der Waals surface area contributed by atoms with Crippen LogP contribution in [0.2, 0.25) is 0 Å². The molecule has 0 amide bonds. The maximum Gasteiger partial charge on any atom is 0.313 e. The van der Waals surface area contributed by atoms with Crippen molar-refractivity contribution in [2.24, 2.45) is 57.2 Å². The fourth-order valence-corrected chi connectivity index (χ4v) is 16.1. The third-order valence-electron chi connectivity index (χ3n) is 18.0. The van der Waals surface area contributed by atoms with Crippen molar-refractivity contribution >= 4 is 15.8 Å². The Morgan fingerprint density at radius 3 is 2.41 bits per heavy atom. The van der Waals surface area contributed by atoms with E-state index in [-0.39, 0.29) is 40.4 Å². The van der Waals surface area contributed by atoms with Gasteiger partial charge in [-0.05, 0) is 159 Å². The Morgan fingerprint density at radius 1 is 1.00 bits per heavy atom. The minimum Gasteiger partial charge on any atom is -0.481 e. The number of allylic oxidation sites excluding steroid dienone is 5. The number of aromatic nitrogens is 1. The molecule has 0 bridgehead atoms. The van der Waals surface area contributed by atoms with Crippen LogP contribution in [0.4, 0.5) is 0 Å². The first-order valence-electron chi connectivity index (χ1n) is 22.4. The Hall–Kier alpha value is -3.00. The summed E-state index contributed by atoms with van der Waals surface area (Å²) >= 11 is 0. The van der Waals surface area contributed by atoms with E-state index in [2.05, 4.69) is 74.6 Å². The number of nitriles is 1. The van der Waals surface area contributed by atoms with Crippen LogP contribution in [0.3, 0.4) is 0 Å². The maximum absolute atomic E-state index is 12.8. The summed E-state index contributed by atoms with van der Waals surface area (Å²) in [5.41, 5.74) is 4.01. The lowest BCUT2D eigenvalue weighted by Crippen LogP contribution is -2.65. The second-order valence-electron chi connectivity index (χ2n) is 21.0. The minimum atomic E-state index is -2.88. The predicted octanol–water partition coefficient (Wildman–Crippen LogP) is 8.39. The zero-order valence-electron chi connectivity index (χ0n) is 35.8. The Labute approximate surface area is 348 Å². The lowest BCUT2D eigenvalue weighted by atomic mass is 9.37. The maximum atomic E-state index is 12.8. The Kier molecular flexibility index (Phi) is 10.9. The van der Waals surface area contributed by atoms with Gasteiger partial charge >= 0.3 is 5.97 Å². The molecule has 10 atom stereocenters. The lowest BCUT2D eigenvalue weighted by molar-refractivity contribution is -0.170. The van der Waals surface area contributed by atoms with E-state index >= 15 is 0 Å². The molecule has 0 spiro atoms. The fraction of sp³-hybridized carbons (Fsp3) is 0.729. The van der Waals surface area contributed by atoms with E-state index in [9.17, 15) is 23.6 Å². The number of nitrogens with zero attached hydrogens (tertiary/aromatic N) is 3. The first-order valence-corrected chi connectivity index (χ1v) is 24.3. The van der Waals surface area contributed by atoms with E-state index < -0.39 is 21.2 Å². The Balaban J connectivity index is 0.986. The standard InChI is InChI=1S/C48H68N4O5S/c1-32(2)35-15-20-48(51-24-25-52-26-28-58(55,56)29-27-52)22-21-45(5)37-11-12-40-44(3,4)36(16-17-46(40,6)38(37)9-10-39(45)41(35)48)33-13-18-47(19-14-33,43(53)54)31-57-42-34(30-49)8-7-23-50-42/h7-8,13,16,23,35,37-41,51H,1,9-12,14-15,17-22,24-29,31H2,2-6H3,(H,53,54)/t35-,37?,38-,39+,40-,41+,45-,46+,47+,48-/m0/s1. The van der Waals surface area contributed by atoms with Gasteiger partial charge in [0.25, 0.3) is 0 Å².